The molecule has 2 heteroatoms. The van der Waals surface area contributed by atoms with Gasteiger partial charge in [0.05, 0.1) is 6.04 Å². The Labute approximate surface area is 111 Å². The molecule has 0 aliphatic rings. The van der Waals surface area contributed by atoms with Crippen LogP contribution in [0.4, 0.5) is 0 Å². The zero-order chi connectivity index (χ0) is 13.7. The Morgan fingerprint density at radius 1 is 1.11 bits per heavy atom. The Morgan fingerprint density at radius 2 is 1.67 bits per heavy atom. The second kappa shape index (κ2) is 6.69. The largest absolute Gasteiger partial charge is 0.294 e. The van der Waals surface area contributed by atoms with Crippen LogP contribution in [0.3, 0.4) is 0 Å². The third-order valence-electron chi connectivity index (χ3n) is 3.56. The molecule has 0 N–H and O–H groups in total. The summed E-state index contributed by atoms with van der Waals surface area (Å²) in [6, 6.07) is 9.90. The van der Waals surface area contributed by atoms with E-state index in [4.69, 9.17) is 0 Å². The van der Waals surface area contributed by atoms with Crippen molar-refractivity contribution in [1.82, 2.24) is 4.90 Å². The van der Waals surface area contributed by atoms with Crippen molar-refractivity contribution in [3.8, 4) is 0 Å². The van der Waals surface area contributed by atoms with Gasteiger partial charge in [-0.1, -0.05) is 44.2 Å². The Balaban J connectivity index is 2.69. The quantitative estimate of drug-likeness (QED) is 0.716. The summed E-state index contributed by atoms with van der Waals surface area (Å²) in [4.78, 5) is 14.5. The molecule has 0 bridgehead atoms. The Morgan fingerprint density at radius 3 is 2.17 bits per heavy atom. The highest BCUT2D eigenvalue weighted by Gasteiger charge is 2.23. The summed E-state index contributed by atoms with van der Waals surface area (Å²) in [6.45, 7) is 8.61. The maximum atomic E-state index is 12.3. The van der Waals surface area contributed by atoms with E-state index in [1.54, 1.807) is 0 Å². The third-order valence-corrected chi connectivity index (χ3v) is 3.56. The van der Waals surface area contributed by atoms with Gasteiger partial charge < -0.3 is 0 Å². The zero-order valence-corrected chi connectivity index (χ0v) is 12.2. The van der Waals surface area contributed by atoms with Gasteiger partial charge in [-0.25, -0.2) is 0 Å². The molecule has 0 aromatic heterocycles. The highest BCUT2D eigenvalue weighted by Crippen LogP contribution is 2.15. The number of carbonyl (C=O) groups excluding carboxylic acids is 1. The molecule has 1 rings (SSSR count). The van der Waals surface area contributed by atoms with E-state index in [0.717, 1.165) is 12.0 Å². The van der Waals surface area contributed by atoms with Crippen molar-refractivity contribution in [2.75, 3.05) is 7.05 Å². The summed E-state index contributed by atoms with van der Waals surface area (Å²) >= 11 is 0. The molecule has 0 amide bonds. The molecule has 0 aliphatic heterocycles. The first-order chi connectivity index (χ1) is 8.43. The number of hydrogen-bond donors (Lipinski definition) is 0. The first-order valence-corrected chi connectivity index (χ1v) is 6.74. The molecule has 0 saturated heterocycles. The fraction of sp³-hybridized carbons (Fsp3) is 0.562. The Kier molecular flexibility index (Phi) is 5.54. The van der Waals surface area contributed by atoms with Gasteiger partial charge >= 0.3 is 0 Å². The average molecular weight is 247 g/mol. The van der Waals surface area contributed by atoms with Crippen LogP contribution in [0.25, 0.3) is 0 Å². The Bertz CT molecular complexity index is 372. The lowest BCUT2D eigenvalue weighted by molar-refractivity contribution is 0.0811. The van der Waals surface area contributed by atoms with Crippen LogP contribution in [0.5, 0.6) is 0 Å². The van der Waals surface area contributed by atoms with E-state index in [2.05, 4.69) is 25.7 Å². The number of Topliss-reactive ketones (excluding diaryl/α,β-unsaturated/α-hetero) is 1. The minimum atomic E-state index is -0.0684. The number of hydrogen-bond acceptors (Lipinski definition) is 2. The van der Waals surface area contributed by atoms with Gasteiger partial charge in [0.25, 0.3) is 0 Å². The van der Waals surface area contributed by atoms with Crippen molar-refractivity contribution in [1.29, 1.82) is 0 Å². The van der Waals surface area contributed by atoms with Gasteiger partial charge in [0.2, 0.25) is 0 Å². The highest BCUT2D eigenvalue weighted by atomic mass is 16.1. The third kappa shape index (κ3) is 3.95. The standard InChI is InChI=1S/C16H25NO/c1-12(2)11-13(3)17(5)14(4)16(18)15-9-7-6-8-10-15/h6-10,12-14H,11H2,1-5H3. The monoisotopic (exact) mass is 247 g/mol. The summed E-state index contributed by atoms with van der Waals surface area (Å²) in [5, 5.41) is 0. The van der Waals surface area contributed by atoms with E-state index in [1.165, 1.54) is 0 Å². The van der Waals surface area contributed by atoms with Gasteiger partial charge in [-0.2, -0.15) is 0 Å². The number of nitrogens with zero attached hydrogens (tertiary/aromatic N) is 1. The molecule has 18 heavy (non-hydrogen) atoms. The van der Waals surface area contributed by atoms with E-state index in [-0.39, 0.29) is 11.8 Å². The van der Waals surface area contributed by atoms with Crippen LogP contribution >= 0.6 is 0 Å². The van der Waals surface area contributed by atoms with Crippen molar-refractivity contribution in [3.63, 3.8) is 0 Å². The van der Waals surface area contributed by atoms with E-state index < -0.39 is 0 Å². The summed E-state index contributed by atoms with van der Waals surface area (Å²) in [5.74, 6) is 0.857. The van der Waals surface area contributed by atoms with E-state index in [1.807, 2.05) is 44.3 Å². The second-order valence-electron chi connectivity index (χ2n) is 5.55. The van der Waals surface area contributed by atoms with Crippen LogP contribution in [0.2, 0.25) is 0 Å². The second-order valence-corrected chi connectivity index (χ2v) is 5.55. The number of carbonyl (C=O) groups is 1. The van der Waals surface area contributed by atoms with Gasteiger partial charge in [0, 0.05) is 11.6 Å². The molecule has 0 saturated carbocycles. The molecule has 0 aliphatic carbocycles. The molecule has 0 fully saturated rings. The summed E-state index contributed by atoms with van der Waals surface area (Å²) < 4.78 is 0. The van der Waals surface area contributed by atoms with Gasteiger partial charge in [-0.15, -0.1) is 0 Å². The molecule has 0 radical (unpaired) electrons. The highest BCUT2D eigenvalue weighted by molar-refractivity contribution is 5.99. The van der Waals surface area contributed by atoms with Crippen LogP contribution in [0, 0.1) is 5.92 Å². The maximum Gasteiger partial charge on any atom is 0.179 e. The van der Waals surface area contributed by atoms with Crippen molar-refractivity contribution < 1.29 is 4.79 Å². The SMILES string of the molecule is CC(C)CC(C)N(C)C(C)C(=O)c1ccccc1. The van der Waals surface area contributed by atoms with E-state index in [9.17, 15) is 4.79 Å². The van der Waals surface area contributed by atoms with Crippen molar-refractivity contribution >= 4 is 5.78 Å². The van der Waals surface area contributed by atoms with Gasteiger partial charge in [-0.05, 0) is 33.2 Å². The minimum Gasteiger partial charge on any atom is -0.294 e. The van der Waals surface area contributed by atoms with Gasteiger partial charge in [-0.3, -0.25) is 9.69 Å². The lowest BCUT2D eigenvalue weighted by atomic mass is 10.00. The molecule has 1 aromatic carbocycles. The molecule has 0 spiro atoms. The van der Waals surface area contributed by atoms with Crippen LogP contribution in [-0.2, 0) is 0 Å². The van der Waals surface area contributed by atoms with E-state index >= 15 is 0 Å². The van der Waals surface area contributed by atoms with Crippen molar-refractivity contribution in [3.05, 3.63) is 35.9 Å². The normalized spacial score (nSPS) is 14.8. The molecular formula is C16H25NO. The first-order valence-electron chi connectivity index (χ1n) is 6.74. The van der Waals surface area contributed by atoms with Crippen LogP contribution < -0.4 is 0 Å². The molecule has 2 atom stereocenters. The predicted molar refractivity (Wildman–Crippen MR) is 76.9 cm³/mol. The number of ketones is 1. The summed E-state index contributed by atoms with van der Waals surface area (Å²) in [7, 11) is 2.04. The van der Waals surface area contributed by atoms with Gasteiger partial charge in [0.1, 0.15) is 0 Å². The van der Waals surface area contributed by atoms with Gasteiger partial charge in [0.15, 0.2) is 5.78 Å². The molecule has 1 aromatic rings. The summed E-state index contributed by atoms with van der Waals surface area (Å²) in [6.07, 6.45) is 1.11. The van der Waals surface area contributed by atoms with Crippen molar-refractivity contribution in [2.24, 2.45) is 5.92 Å². The van der Waals surface area contributed by atoms with Crippen molar-refractivity contribution in [2.45, 2.75) is 46.2 Å². The fourth-order valence-electron chi connectivity index (χ4n) is 2.26. The lowest BCUT2D eigenvalue weighted by Gasteiger charge is -2.31. The van der Waals surface area contributed by atoms with E-state index in [0.29, 0.717) is 12.0 Å². The average Bonchev–Trinajstić information content (AvgIpc) is 2.36. The fourth-order valence-corrected chi connectivity index (χ4v) is 2.26. The topological polar surface area (TPSA) is 20.3 Å². The summed E-state index contributed by atoms with van der Waals surface area (Å²) in [5.41, 5.74) is 0.800. The zero-order valence-electron chi connectivity index (χ0n) is 12.2. The molecule has 100 valence electrons. The predicted octanol–water partition coefficient (Wildman–Crippen LogP) is 3.62. The molecular weight excluding hydrogens is 222 g/mol. The molecule has 2 nitrogen and oxygen atoms in total. The number of benzene rings is 1. The van der Waals surface area contributed by atoms with Crippen LogP contribution in [0.15, 0.2) is 30.3 Å². The lowest BCUT2D eigenvalue weighted by Crippen LogP contribution is -2.42. The molecule has 0 heterocycles. The Hall–Kier alpha value is -1.15. The number of rotatable bonds is 6. The first kappa shape index (κ1) is 14.9. The van der Waals surface area contributed by atoms with Crippen LogP contribution in [0.1, 0.15) is 44.5 Å². The maximum absolute atomic E-state index is 12.3. The molecule has 2 unspecified atom stereocenters. The minimum absolute atomic E-state index is 0.0684. The number of likely N-dealkylation sites (N-methyl/N-ethyl adjacent to an activating group) is 1. The smallest absolute Gasteiger partial charge is 0.179 e. The van der Waals surface area contributed by atoms with Crippen LogP contribution in [-0.4, -0.2) is 29.8 Å².